The van der Waals surface area contributed by atoms with Crippen LogP contribution in [0.2, 0.25) is 0 Å². The number of nitro benzene ring substituents is 2. The van der Waals surface area contributed by atoms with Gasteiger partial charge in [0, 0.05) is 0 Å². The first-order valence-electron chi connectivity index (χ1n) is 9.52. The molecule has 0 aliphatic carbocycles. The standard InChI is InChI=1S/C24H20N2O6/c1-31-21-11-5-17(6-12-21)3-9-19-15-20(24(26(29)30)16-23(19)25(27)28)10-4-18-7-13-22(32-2)14-8-18/h3-16H,1-2H3. The van der Waals surface area contributed by atoms with Crippen LogP contribution in [0.5, 0.6) is 11.5 Å². The van der Waals surface area contributed by atoms with E-state index in [1.165, 1.54) is 6.07 Å². The molecule has 3 aromatic rings. The zero-order chi connectivity index (χ0) is 23.1. The lowest BCUT2D eigenvalue weighted by Crippen LogP contribution is -1.98. The van der Waals surface area contributed by atoms with E-state index >= 15 is 0 Å². The number of nitro groups is 2. The molecule has 8 nitrogen and oxygen atoms in total. The van der Waals surface area contributed by atoms with Gasteiger partial charge in [0.2, 0.25) is 0 Å². The molecular weight excluding hydrogens is 412 g/mol. The normalized spacial score (nSPS) is 11.1. The molecule has 0 N–H and O–H groups in total. The van der Waals surface area contributed by atoms with Gasteiger partial charge in [-0.3, -0.25) is 20.2 Å². The molecule has 0 aliphatic heterocycles. The number of hydrogen-bond donors (Lipinski definition) is 0. The largest absolute Gasteiger partial charge is 0.497 e. The molecule has 8 heteroatoms. The van der Waals surface area contributed by atoms with Crippen LogP contribution < -0.4 is 9.47 Å². The molecule has 0 saturated carbocycles. The quantitative estimate of drug-likeness (QED) is 0.251. The Kier molecular flexibility index (Phi) is 6.97. The van der Waals surface area contributed by atoms with E-state index in [0.29, 0.717) is 11.5 Å². The number of nitrogens with zero attached hydrogens (tertiary/aromatic N) is 2. The van der Waals surface area contributed by atoms with E-state index in [-0.39, 0.29) is 22.5 Å². The van der Waals surface area contributed by atoms with Gasteiger partial charge in [0.25, 0.3) is 11.4 Å². The van der Waals surface area contributed by atoms with Crippen LogP contribution in [0.25, 0.3) is 24.3 Å². The molecule has 0 aliphatic rings. The minimum atomic E-state index is -0.627. The molecule has 0 saturated heterocycles. The zero-order valence-electron chi connectivity index (χ0n) is 17.4. The first kappa shape index (κ1) is 22.2. The third-order valence-corrected chi connectivity index (χ3v) is 4.71. The Morgan fingerprint density at radius 1 is 0.625 bits per heavy atom. The Labute approximate surface area is 184 Å². The summed E-state index contributed by atoms with van der Waals surface area (Å²) < 4.78 is 10.2. The summed E-state index contributed by atoms with van der Waals surface area (Å²) in [6.45, 7) is 0. The van der Waals surface area contributed by atoms with Crippen LogP contribution in [0.1, 0.15) is 22.3 Å². The molecule has 162 valence electrons. The summed E-state index contributed by atoms with van der Waals surface area (Å²) >= 11 is 0. The SMILES string of the molecule is COc1ccc(C=Cc2cc(C=Cc3ccc(OC)cc3)c([N+](=O)[O-])cc2[N+](=O)[O-])cc1. The van der Waals surface area contributed by atoms with E-state index in [4.69, 9.17) is 9.47 Å². The maximum Gasteiger partial charge on any atom is 0.283 e. The average molecular weight is 432 g/mol. The van der Waals surface area contributed by atoms with E-state index in [1.54, 1.807) is 87.1 Å². The third kappa shape index (κ3) is 5.37. The first-order valence-corrected chi connectivity index (χ1v) is 9.52. The Balaban J connectivity index is 2.01. The van der Waals surface area contributed by atoms with E-state index in [0.717, 1.165) is 17.2 Å². The Morgan fingerprint density at radius 2 is 1.00 bits per heavy atom. The molecule has 0 fully saturated rings. The topological polar surface area (TPSA) is 105 Å². The van der Waals surface area contributed by atoms with Gasteiger partial charge in [0.05, 0.1) is 41.3 Å². The van der Waals surface area contributed by atoms with Crippen LogP contribution in [0, 0.1) is 20.2 Å². The average Bonchev–Trinajstić information content (AvgIpc) is 2.81. The number of ether oxygens (including phenoxy) is 2. The van der Waals surface area contributed by atoms with Crippen LogP contribution in [0.4, 0.5) is 11.4 Å². The molecule has 3 rings (SSSR count). The second-order valence-corrected chi connectivity index (χ2v) is 6.70. The Hall–Kier alpha value is -4.46. The first-order chi connectivity index (χ1) is 15.4. The predicted octanol–water partition coefficient (Wildman–Crippen LogP) is 5.86. The molecular formula is C24H20N2O6. The van der Waals surface area contributed by atoms with Gasteiger partial charge in [-0.15, -0.1) is 0 Å². The van der Waals surface area contributed by atoms with Crippen molar-refractivity contribution in [1.29, 1.82) is 0 Å². The summed E-state index contributed by atoms with van der Waals surface area (Å²) in [4.78, 5) is 21.8. The highest BCUT2D eigenvalue weighted by Gasteiger charge is 2.22. The molecule has 0 radical (unpaired) electrons. The van der Waals surface area contributed by atoms with Gasteiger partial charge < -0.3 is 9.47 Å². The summed E-state index contributed by atoms with van der Waals surface area (Å²) in [5, 5.41) is 23.1. The Morgan fingerprint density at radius 3 is 1.31 bits per heavy atom. The maximum absolute atomic E-state index is 11.5. The minimum absolute atomic E-state index is 0.255. The van der Waals surface area contributed by atoms with Crippen LogP contribution in [0.3, 0.4) is 0 Å². The van der Waals surface area contributed by atoms with E-state index in [2.05, 4.69) is 0 Å². The smallest absolute Gasteiger partial charge is 0.283 e. The zero-order valence-corrected chi connectivity index (χ0v) is 17.4. The molecule has 0 atom stereocenters. The van der Waals surface area contributed by atoms with Crippen molar-refractivity contribution in [2.45, 2.75) is 0 Å². The van der Waals surface area contributed by atoms with Crippen molar-refractivity contribution in [3.05, 3.63) is 103 Å². The van der Waals surface area contributed by atoms with Crippen LogP contribution >= 0.6 is 0 Å². The van der Waals surface area contributed by atoms with Gasteiger partial charge in [-0.25, -0.2) is 0 Å². The number of hydrogen-bond acceptors (Lipinski definition) is 6. The maximum atomic E-state index is 11.5. The van der Waals surface area contributed by atoms with Gasteiger partial charge in [-0.05, 0) is 53.6 Å². The van der Waals surface area contributed by atoms with Gasteiger partial charge >= 0.3 is 0 Å². The van der Waals surface area contributed by atoms with Crippen molar-refractivity contribution in [1.82, 2.24) is 0 Å². The van der Waals surface area contributed by atoms with Crippen molar-refractivity contribution in [2.24, 2.45) is 0 Å². The summed E-state index contributed by atoms with van der Waals surface area (Å²) in [6, 6.07) is 16.7. The highest BCUT2D eigenvalue weighted by molar-refractivity contribution is 5.81. The van der Waals surface area contributed by atoms with Crippen LogP contribution in [0.15, 0.2) is 60.7 Å². The number of rotatable bonds is 8. The second kappa shape index (κ2) is 10.0. The van der Waals surface area contributed by atoms with Gasteiger partial charge in [0.15, 0.2) is 0 Å². The molecule has 0 heterocycles. The fourth-order valence-corrected chi connectivity index (χ4v) is 3.00. The summed E-state index contributed by atoms with van der Waals surface area (Å²) in [5.74, 6) is 1.38. The van der Waals surface area contributed by atoms with Crippen molar-refractivity contribution in [2.75, 3.05) is 14.2 Å². The lowest BCUT2D eigenvalue weighted by molar-refractivity contribution is -0.394. The van der Waals surface area contributed by atoms with Crippen molar-refractivity contribution in [3.8, 4) is 11.5 Å². The summed E-state index contributed by atoms with van der Waals surface area (Å²) in [7, 11) is 3.12. The lowest BCUT2D eigenvalue weighted by Gasteiger charge is -2.04. The summed E-state index contributed by atoms with van der Waals surface area (Å²) in [6.07, 6.45) is 6.53. The fourth-order valence-electron chi connectivity index (χ4n) is 3.00. The highest BCUT2D eigenvalue weighted by atomic mass is 16.6. The van der Waals surface area contributed by atoms with Crippen LogP contribution in [-0.2, 0) is 0 Å². The summed E-state index contributed by atoms with van der Waals surface area (Å²) in [5.41, 5.74) is 1.42. The monoisotopic (exact) mass is 432 g/mol. The van der Waals surface area contributed by atoms with Crippen LogP contribution in [-0.4, -0.2) is 24.1 Å². The van der Waals surface area contributed by atoms with Crippen molar-refractivity contribution < 1.29 is 19.3 Å². The van der Waals surface area contributed by atoms with Gasteiger partial charge in [-0.2, -0.15) is 0 Å². The lowest BCUT2D eigenvalue weighted by atomic mass is 10.0. The fraction of sp³-hybridized carbons (Fsp3) is 0.0833. The molecule has 0 spiro atoms. The molecule has 3 aromatic carbocycles. The number of benzene rings is 3. The van der Waals surface area contributed by atoms with E-state index in [9.17, 15) is 20.2 Å². The van der Waals surface area contributed by atoms with Gasteiger partial charge in [-0.1, -0.05) is 36.4 Å². The molecule has 32 heavy (non-hydrogen) atoms. The Bertz CT molecular complexity index is 1090. The molecule has 0 aromatic heterocycles. The predicted molar refractivity (Wildman–Crippen MR) is 124 cm³/mol. The minimum Gasteiger partial charge on any atom is -0.497 e. The van der Waals surface area contributed by atoms with E-state index < -0.39 is 9.85 Å². The third-order valence-electron chi connectivity index (χ3n) is 4.71. The van der Waals surface area contributed by atoms with E-state index in [1.807, 2.05) is 0 Å². The highest BCUT2D eigenvalue weighted by Crippen LogP contribution is 2.32. The van der Waals surface area contributed by atoms with Gasteiger partial charge in [0.1, 0.15) is 11.5 Å². The molecule has 0 bridgehead atoms. The van der Waals surface area contributed by atoms with Crippen molar-refractivity contribution in [3.63, 3.8) is 0 Å². The number of methoxy groups -OCH3 is 2. The van der Waals surface area contributed by atoms with Crippen molar-refractivity contribution >= 4 is 35.7 Å². The second-order valence-electron chi connectivity index (χ2n) is 6.70. The molecule has 0 unspecified atom stereocenters. The molecule has 0 amide bonds.